The maximum atomic E-state index is 13.9. The first-order chi connectivity index (χ1) is 18.9. The Morgan fingerprint density at radius 1 is 0.718 bits per heavy atom. The van der Waals surface area contributed by atoms with E-state index in [0.717, 1.165) is 15.3 Å². The molecule has 2 aliphatic carbocycles. The summed E-state index contributed by atoms with van der Waals surface area (Å²) in [6.45, 7) is 0.475. The molecule has 0 spiro atoms. The Bertz CT molecular complexity index is 1510. The van der Waals surface area contributed by atoms with Crippen molar-refractivity contribution in [2.45, 2.75) is 31.8 Å². The number of aromatic hydroxyl groups is 1. The number of benzene rings is 1. The number of fused-ring (bicyclic) bond motifs is 4. The maximum absolute atomic E-state index is 13.9. The Morgan fingerprint density at radius 3 is 1.95 bits per heavy atom. The zero-order valence-corrected chi connectivity index (χ0v) is 22.6. The molecule has 0 bridgehead atoms. The van der Waals surface area contributed by atoms with Gasteiger partial charge in [-0.15, -0.1) is 22.7 Å². The van der Waals surface area contributed by atoms with Crippen LogP contribution in [0.2, 0.25) is 0 Å². The summed E-state index contributed by atoms with van der Waals surface area (Å²) in [7, 11) is 0. The number of likely N-dealkylation sites (tertiary alicyclic amines) is 2. The number of phenols is 1. The lowest BCUT2D eigenvalue weighted by molar-refractivity contribution is -0.142. The average molecular weight is 559 g/mol. The molecule has 1 saturated carbocycles. The summed E-state index contributed by atoms with van der Waals surface area (Å²) in [6, 6.07) is 14.6. The Morgan fingerprint density at radius 2 is 1.33 bits per heavy atom. The van der Waals surface area contributed by atoms with Gasteiger partial charge in [-0.25, -0.2) is 0 Å². The van der Waals surface area contributed by atoms with Crippen LogP contribution in [0.15, 0.2) is 70.9 Å². The van der Waals surface area contributed by atoms with E-state index in [1.807, 2.05) is 47.2 Å². The van der Waals surface area contributed by atoms with Crippen LogP contribution in [0.3, 0.4) is 0 Å². The van der Waals surface area contributed by atoms with Crippen molar-refractivity contribution >= 4 is 46.3 Å². The van der Waals surface area contributed by atoms with E-state index in [2.05, 4.69) is 0 Å². The van der Waals surface area contributed by atoms with Gasteiger partial charge < -0.3 is 5.11 Å². The first kappa shape index (κ1) is 24.5. The summed E-state index contributed by atoms with van der Waals surface area (Å²) in [5.41, 5.74) is 1.49. The van der Waals surface area contributed by atoms with Gasteiger partial charge in [0.15, 0.2) is 0 Å². The van der Waals surface area contributed by atoms with Gasteiger partial charge in [-0.1, -0.05) is 42.0 Å². The average Bonchev–Trinajstić information content (AvgIpc) is 3.73. The molecule has 3 aromatic rings. The van der Waals surface area contributed by atoms with Crippen molar-refractivity contribution in [1.82, 2.24) is 9.80 Å². The maximum Gasteiger partial charge on any atom is 0.234 e. The first-order valence-electron chi connectivity index (χ1n) is 13.2. The largest absolute Gasteiger partial charge is 0.508 e. The molecule has 7 nitrogen and oxygen atoms in total. The van der Waals surface area contributed by atoms with Crippen molar-refractivity contribution in [1.29, 1.82) is 0 Å². The van der Waals surface area contributed by atoms with E-state index in [-0.39, 0.29) is 48.4 Å². The van der Waals surface area contributed by atoms with E-state index in [1.165, 1.54) is 32.5 Å². The number of hydrogen-bond acceptors (Lipinski definition) is 7. The number of hydrogen-bond donors (Lipinski definition) is 1. The molecular weight excluding hydrogens is 532 g/mol. The predicted octanol–water partition coefficient (Wildman–Crippen LogP) is 4.55. The van der Waals surface area contributed by atoms with Crippen LogP contribution in [-0.4, -0.2) is 38.5 Å². The fourth-order valence-corrected chi connectivity index (χ4v) is 8.63. The lowest BCUT2D eigenvalue weighted by Gasteiger charge is -2.44. The van der Waals surface area contributed by atoms with Gasteiger partial charge in [0.2, 0.25) is 23.6 Å². The van der Waals surface area contributed by atoms with Crippen molar-refractivity contribution in [3.05, 3.63) is 86.3 Å². The SMILES string of the molecule is O=C1[C@H]2[C@H](CC=C3[C@H]2C[C@H]2C(=O)N(Cc4cccs4)C(=O)[C@H]2[C@H]3c2ccccc2O)C(=O)N1Cc1cccs1. The fourth-order valence-electron chi connectivity index (χ4n) is 7.25. The van der Waals surface area contributed by atoms with E-state index in [4.69, 9.17) is 0 Å². The van der Waals surface area contributed by atoms with Crippen molar-refractivity contribution in [3.63, 3.8) is 0 Å². The molecule has 4 heterocycles. The van der Waals surface area contributed by atoms with E-state index < -0.39 is 29.6 Å². The molecule has 2 aliphatic heterocycles. The highest BCUT2D eigenvalue weighted by Gasteiger charge is 2.62. The van der Waals surface area contributed by atoms with Gasteiger partial charge >= 0.3 is 0 Å². The molecule has 198 valence electrons. The zero-order valence-electron chi connectivity index (χ0n) is 20.9. The minimum atomic E-state index is -0.653. The van der Waals surface area contributed by atoms with Gasteiger partial charge in [0.1, 0.15) is 5.75 Å². The summed E-state index contributed by atoms with van der Waals surface area (Å²) in [4.78, 5) is 59.6. The number of thiophene rings is 2. The molecular formula is C30H26N2O5S2. The number of carbonyl (C=O) groups is 4. The van der Waals surface area contributed by atoms with Gasteiger partial charge in [-0.2, -0.15) is 0 Å². The van der Waals surface area contributed by atoms with Crippen LogP contribution in [0.25, 0.3) is 0 Å². The number of phenolic OH excluding ortho intramolecular Hbond substituents is 1. The van der Waals surface area contributed by atoms with Crippen LogP contribution in [-0.2, 0) is 32.3 Å². The number of rotatable bonds is 5. The lowest BCUT2D eigenvalue weighted by Crippen LogP contribution is -2.43. The normalized spacial score (nSPS) is 29.9. The molecule has 1 aromatic carbocycles. The van der Waals surface area contributed by atoms with Gasteiger partial charge in [0, 0.05) is 21.2 Å². The van der Waals surface area contributed by atoms with Gasteiger partial charge in [-0.05, 0) is 47.7 Å². The minimum Gasteiger partial charge on any atom is -0.508 e. The molecule has 3 fully saturated rings. The number of imide groups is 2. The Balaban J connectivity index is 1.29. The first-order valence-corrected chi connectivity index (χ1v) is 14.9. The number of para-hydroxylation sites is 1. The lowest BCUT2D eigenvalue weighted by atomic mass is 9.57. The quantitative estimate of drug-likeness (QED) is 0.366. The van der Waals surface area contributed by atoms with Gasteiger partial charge in [-0.3, -0.25) is 29.0 Å². The van der Waals surface area contributed by atoms with Crippen LogP contribution in [0.5, 0.6) is 5.75 Å². The summed E-state index contributed by atoms with van der Waals surface area (Å²) in [5, 5.41) is 14.7. The van der Waals surface area contributed by atoms with Gasteiger partial charge in [0.25, 0.3) is 0 Å². The molecule has 4 aliphatic rings. The van der Waals surface area contributed by atoms with Crippen LogP contribution in [0.4, 0.5) is 0 Å². The van der Waals surface area contributed by atoms with Crippen LogP contribution >= 0.6 is 22.7 Å². The Hall–Kier alpha value is -3.56. The van der Waals surface area contributed by atoms with Crippen molar-refractivity contribution < 1.29 is 24.3 Å². The molecule has 2 saturated heterocycles. The van der Waals surface area contributed by atoms with Crippen LogP contribution in [0, 0.1) is 29.6 Å². The zero-order chi connectivity index (χ0) is 26.8. The Labute approximate surface area is 233 Å². The molecule has 39 heavy (non-hydrogen) atoms. The molecule has 4 amide bonds. The second kappa shape index (κ2) is 9.27. The number of allylic oxidation sites excluding steroid dienone is 2. The molecule has 1 N–H and O–H groups in total. The highest BCUT2D eigenvalue weighted by Crippen LogP contribution is 2.59. The second-order valence-corrected chi connectivity index (χ2v) is 12.8. The highest BCUT2D eigenvalue weighted by atomic mass is 32.1. The van der Waals surface area contributed by atoms with Crippen LogP contribution < -0.4 is 0 Å². The third-order valence-corrected chi connectivity index (χ3v) is 10.6. The van der Waals surface area contributed by atoms with Gasteiger partial charge in [0.05, 0.1) is 36.8 Å². The van der Waals surface area contributed by atoms with Crippen LogP contribution in [0.1, 0.15) is 34.1 Å². The third kappa shape index (κ3) is 3.74. The predicted molar refractivity (Wildman–Crippen MR) is 145 cm³/mol. The molecule has 0 radical (unpaired) electrons. The van der Waals surface area contributed by atoms with Crippen molar-refractivity contribution in [3.8, 4) is 5.75 Å². The summed E-state index contributed by atoms with van der Waals surface area (Å²) in [5.74, 6) is -3.95. The standard InChI is InChI=1S/C30H26N2O5S2/c33-23-8-2-1-7-19(23)24-18-9-10-20-25(29(36)31(27(20)34)14-16-5-3-11-38-16)21(18)13-22-26(24)30(37)32(28(22)35)15-17-6-4-12-39-17/h1-9,11-12,20-22,24-26,33H,10,13-15H2/t20-,21+,22+,24+,25-,26+/m0/s1. The number of carbonyl (C=O) groups excluding carboxylic acids is 4. The number of nitrogens with zero attached hydrogens (tertiary/aromatic N) is 2. The number of amides is 4. The van der Waals surface area contributed by atoms with Crippen molar-refractivity contribution in [2.75, 3.05) is 0 Å². The van der Waals surface area contributed by atoms with E-state index in [1.54, 1.807) is 18.2 Å². The monoisotopic (exact) mass is 558 g/mol. The molecule has 2 aromatic heterocycles. The van der Waals surface area contributed by atoms with E-state index in [0.29, 0.717) is 18.4 Å². The molecule has 6 atom stereocenters. The third-order valence-electron chi connectivity index (χ3n) is 8.89. The summed E-state index contributed by atoms with van der Waals surface area (Å²) < 4.78 is 0. The molecule has 9 heteroatoms. The molecule has 7 rings (SSSR count). The van der Waals surface area contributed by atoms with E-state index in [9.17, 15) is 24.3 Å². The summed E-state index contributed by atoms with van der Waals surface area (Å²) in [6.07, 6.45) is 2.77. The smallest absolute Gasteiger partial charge is 0.234 e. The minimum absolute atomic E-state index is 0.0648. The van der Waals surface area contributed by atoms with E-state index >= 15 is 0 Å². The molecule has 0 unspecified atom stereocenters. The topological polar surface area (TPSA) is 95.0 Å². The van der Waals surface area contributed by atoms with Crippen molar-refractivity contribution in [2.24, 2.45) is 29.6 Å². The summed E-state index contributed by atoms with van der Waals surface area (Å²) >= 11 is 3.01. The second-order valence-electron chi connectivity index (χ2n) is 10.8. The fraction of sp³-hybridized carbons (Fsp3) is 0.333. The Kier molecular flexibility index (Phi) is 5.82. The highest BCUT2D eigenvalue weighted by molar-refractivity contribution is 7.10.